The van der Waals surface area contributed by atoms with Gasteiger partial charge in [-0.3, -0.25) is 4.72 Å². The summed E-state index contributed by atoms with van der Waals surface area (Å²) in [6.07, 6.45) is 0. The van der Waals surface area contributed by atoms with Gasteiger partial charge in [0.05, 0.1) is 5.69 Å². The van der Waals surface area contributed by atoms with Crippen LogP contribution in [0.15, 0.2) is 39.0 Å². The van der Waals surface area contributed by atoms with Crippen LogP contribution in [0.3, 0.4) is 0 Å². The van der Waals surface area contributed by atoms with E-state index in [1.165, 1.54) is 12.1 Å². The number of nitriles is 1. The Hall–Kier alpha value is -0.630. The van der Waals surface area contributed by atoms with E-state index < -0.39 is 10.0 Å². The Morgan fingerprint density at radius 1 is 1.32 bits per heavy atom. The van der Waals surface area contributed by atoms with Crippen molar-refractivity contribution in [3.05, 3.63) is 43.3 Å². The van der Waals surface area contributed by atoms with Gasteiger partial charge in [0, 0.05) is 8.04 Å². The summed E-state index contributed by atoms with van der Waals surface area (Å²) in [4.78, 5) is 0.363. The number of nitrogens with one attached hydrogen (secondary N) is 1. The SMILES string of the molecule is N#Cc1ccc(S(=O)(=O)Nc2ccc(I)cc2Br)s1. The molecule has 2 aromatic rings. The standard InChI is InChI=1S/C11H6BrIN2O2S2/c12-9-5-7(13)1-3-10(9)15-19(16,17)11-4-2-8(6-14)18-11/h1-5,15H. The first-order valence-electron chi connectivity index (χ1n) is 4.90. The Labute approximate surface area is 136 Å². The summed E-state index contributed by atoms with van der Waals surface area (Å²) in [5.41, 5.74) is 0.465. The van der Waals surface area contributed by atoms with Crippen molar-refractivity contribution in [3.8, 4) is 6.07 Å². The number of hydrogen-bond donors (Lipinski definition) is 1. The van der Waals surface area contributed by atoms with Crippen molar-refractivity contribution in [3.63, 3.8) is 0 Å². The van der Waals surface area contributed by atoms with Crippen LogP contribution in [0, 0.1) is 14.9 Å². The van der Waals surface area contributed by atoms with E-state index in [1.807, 2.05) is 12.1 Å². The topological polar surface area (TPSA) is 70.0 Å². The van der Waals surface area contributed by atoms with Crippen LogP contribution < -0.4 is 4.72 Å². The van der Waals surface area contributed by atoms with Crippen LogP contribution in [0.1, 0.15) is 4.88 Å². The second-order valence-corrected chi connectivity index (χ2v) is 8.55. The molecule has 4 nitrogen and oxygen atoms in total. The molecule has 0 unspecified atom stereocenters. The van der Waals surface area contributed by atoms with Crippen LogP contribution in [0.5, 0.6) is 0 Å². The Bertz CT molecular complexity index is 765. The van der Waals surface area contributed by atoms with Crippen molar-refractivity contribution >= 4 is 65.6 Å². The first-order valence-corrected chi connectivity index (χ1v) is 9.07. The van der Waals surface area contributed by atoms with Crippen molar-refractivity contribution in [2.45, 2.75) is 4.21 Å². The molecule has 0 aliphatic rings. The molecule has 1 N–H and O–H groups in total. The second-order valence-electron chi connectivity index (χ2n) is 3.46. The fraction of sp³-hybridized carbons (Fsp3) is 0. The predicted octanol–water partition coefficient (Wildman–Crippen LogP) is 3.79. The van der Waals surface area contributed by atoms with E-state index in [1.54, 1.807) is 12.1 Å². The first-order chi connectivity index (χ1) is 8.92. The lowest BCUT2D eigenvalue weighted by Crippen LogP contribution is -2.11. The van der Waals surface area contributed by atoms with Crippen LogP contribution in [0.25, 0.3) is 0 Å². The van der Waals surface area contributed by atoms with Gasteiger partial charge in [0.1, 0.15) is 15.2 Å². The molecule has 0 radical (unpaired) electrons. The summed E-state index contributed by atoms with van der Waals surface area (Å²) in [5.74, 6) is 0. The average molecular weight is 469 g/mol. The quantitative estimate of drug-likeness (QED) is 0.696. The van der Waals surface area contributed by atoms with E-state index in [2.05, 4.69) is 43.2 Å². The fourth-order valence-corrected chi connectivity index (χ4v) is 5.00. The zero-order valence-corrected chi connectivity index (χ0v) is 14.6. The molecule has 0 aliphatic carbocycles. The lowest BCUT2D eigenvalue weighted by Gasteiger charge is -2.08. The van der Waals surface area contributed by atoms with Gasteiger partial charge >= 0.3 is 0 Å². The molecule has 1 heterocycles. The van der Waals surface area contributed by atoms with Gasteiger partial charge in [0.15, 0.2) is 0 Å². The monoisotopic (exact) mass is 468 g/mol. The third-order valence-electron chi connectivity index (χ3n) is 2.13. The van der Waals surface area contributed by atoms with Gasteiger partial charge in [-0.15, -0.1) is 11.3 Å². The molecule has 98 valence electrons. The number of halogens is 2. The maximum absolute atomic E-state index is 12.1. The number of anilines is 1. The first kappa shape index (κ1) is 14.8. The van der Waals surface area contributed by atoms with Crippen LogP contribution in [0.2, 0.25) is 0 Å². The highest BCUT2D eigenvalue weighted by Crippen LogP contribution is 2.28. The van der Waals surface area contributed by atoms with Gasteiger partial charge in [-0.25, -0.2) is 8.42 Å². The fourth-order valence-electron chi connectivity index (χ4n) is 1.29. The highest BCUT2D eigenvalue weighted by atomic mass is 127. The molecule has 0 atom stereocenters. The molecule has 0 saturated heterocycles. The molecule has 0 fully saturated rings. The maximum Gasteiger partial charge on any atom is 0.271 e. The van der Waals surface area contributed by atoms with Crippen molar-refractivity contribution < 1.29 is 8.42 Å². The highest BCUT2D eigenvalue weighted by Gasteiger charge is 2.18. The Morgan fingerprint density at radius 2 is 2.05 bits per heavy atom. The zero-order chi connectivity index (χ0) is 14.0. The largest absolute Gasteiger partial charge is 0.278 e. The van der Waals surface area contributed by atoms with E-state index in [9.17, 15) is 8.42 Å². The molecule has 1 aromatic heterocycles. The maximum atomic E-state index is 12.1. The zero-order valence-electron chi connectivity index (χ0n) is 9.22. The van der Waals surface area contributed by atoms with Crippen LogP contribution in [0.4, 0.5) is 5.69 Å². The van der Waals surface area contributed by atoms with E-state index >= 15 is 0 Å². The molecule has 0 saturated carbocycles. The van der Waals surface area contributed by atoms with Crippen molar-refractivity contribution in [2.75, 3.05) is 4.72 Å². The summed E-state index contributed by atoms with van der Waals surface area (Å²) in [5, 5.41) is 8.72. The molecular weight excluding hydrogens is 463 g/mol. The highest BCUT2D eigenvalue weighted by molar-refractivity contribution is 14.1. The molecule has 0 bridgehead atoms. The molecule has 2 rings (SSSR count). The minimum Gasteiger partial charge on any atom is -0.278 e. The number of rotatable bonds is 3. The second kappa shape index (κ2) is 5.78. The van der Waals surface area contributed by atoms with Gasteiger partial charge in [-0.05, 0) is 68.9 Å². The minimum atomic E-state index is -3.65. The van der Waals surface area contributed by atoms with Crippen LogP contribution in [-0.2, 0) is 10.0 Å². The normalized spacial score (nSPS) is 11.0. The summed E-state index contributed by atoms with van der Waals surface area (Å²) in [6, 6.07) is 10.1. The third-order valence-corrected chi connectivity index (χ3v) is 6.31. The van der Waals surface area contributed by atoms with Gasteiger partial charge < -0.3 is 0 Å². The van der Waals surface area contributed by atoms with Crippen molar-refractivity contribution in [1.82, 2.24) is 0 Å². The molecular formula is C11H6BrIN2O2S2. The van der Waals surface area contributed by atoms with Crippen molar-refractivity contribution in [2.24, 2.45) is 0 Å². The molecule has 0 amide bonds. The molecule has 1 aromatic carbocycles. The number of thiophene rings is 1. The number of hydrogen-bond acceptors (Lipinski definition) is 4. The van der Waals surface area contributed by atoms with E-state index in [4.69, 9.17) is 5.26 Å². The lowest BCUT2D eigenvalue weighted by molar-refractivity contribution is 0.603. The average Bonchev–Trinajstić information content (AvgIpc) is 2.82. The number of benzene rings is 1. The summed E-state index contributed by atoms with van der Waals surface area (Å²) < 4.78 is 28.5. The smallest absolute Gasteiger partial charge is 0.271 e. The Kier molecular flexibility index (Phi) is 4.50. The molecule has 8 heteroatoms. The van der Waals surface area contributed by atoms with Crippen molar-refractivity contribution in [1.29, 1.82) is 5.26 Å². The van der Waals surface area contributed by atoms with Crippen LogP contribution in [-0.4, -0.2) is 8.42 Å². The van der Waals surface area contributed by atoms with E-state index in [0.29, 0.717) is 15.0 Å². The van der Waals surface area contributed by atoms with Gasteiger partial charge in [-0.2, -0.15) is 5.26 Å². The van der Waals surface area contributed by atoms with Crippen LogP contribution >= 0.6 is 49.9 Å². The molecule has 0 aliphatic heterocycles. The third kappa shape index (κ3) is 3.47. The summed E-state index contributed by atoms with van der Waals surface area (Å²) >= 11 is 6.39. The number of sulfonamides is 1. The predicted molar refractivity (Wildman–Crippen MR) is 86.7 cm³/mol. The van der Waals surface area contributed by atoms with E-state index in [-0.39, 0.29) is 4.21 Å². The van der Waals surface area contributed by atoms with Gasteiger partial charge in [-0.1, -0.05) is 0 Å². The Balaban J connectivity index is 2.34. The molecule has 0 spiro atoms. The Morgan fingerprint density at radius 3 is 2.63 bits per heavy atom. The number of nitrogens with zero attached hydrogens (tertiary/aromatic N) is 1. The molecule has 19 heavy (non-hydrogen) atoms. The lowest BCUT2D eigenvalue weighted by atomic mass is 10.3. The summed E-state index contributed by atoms with van der Waals surface area (Å²) in [7, 11) is -3.65. The summed E-state index contributed by atoms with van der Waals surface area (Å²) in [6.45, 7) is 0. The van der Waals surface area contributed by atoms with Gasteiger partial charge in [0.2, 0.25) is 0 Å². The van der Waals surface area contributed by atoms with Gasteiger partial charge in [0.25, 0.3) is 10.0 Å². The van der Waals surface area contributed by atoms with E-state index in [0.717, 1.165) is 14.9 Å². The minimum absolute atomic E-state index is 0.120.